The number of aryl methyl sites for hydroxylation is 2. The molecular weight excluding hydrogens is 457 g/mol. The minimum absolute atomic E-state index is 0.100. The van der Waals surface area contributed by atoms with Crippen LogP contribution in [0.15, 0.2) is 48.9 Å². The first kappa shape index (κ1) is 22.8. The molecule has 0 saturated carbocycles. The van der Waals surface area contributed by atoms with E-state index >= 15 is 0 Å². The van der Waals surface area contributed by atoms with Crippen LogP contribution in [0.5, 0.6) is 5.88 Å². The summed E-state index contributed by atoms with van der Waals surface area (Å²) in [6, 6.07) is 9.09. The number of imidazole rings is 1. The second-order valence-electron chi connectivity index (χ2n) is 8.39. The minimum atomic E-state index is -4.35. The summed E-state index contributed by atoms with van der Waals surface area (Å²) in [5, 5.41) is 4.58. The number of hydrogen-bond donors (Lipinski definition) is 0. The number of halogens is 3. The number of fused-ring (bicyclic) bond motifs is 1. The maximum Gasteiger partial charge on any atom is 0.416 e. The summed E-state index contributed by atoms with van der Waals surface area (Å²) in [5.41, 5.74) is 2.49. The molecule has 1 atom stereocenters. The number of ether oxygens (including phenoxy) is 1. The highest BCUT2D eigenvalue weighted by molar-refractivity contribution is 5.65. The lowest BCUT2D eigenvalue weighted by molar-refractivity contribution is -0.137. The third kappa shape index (κ3) is 4.68. The van der Waals surface area contributed by atoms with Crippen molar-refractivity contribution in [2.75, 3.05) is 7.11 Å². The van der Waals surface area contributed by atoms with Crippen LogP contribution in [0.1, 0.15) is 52.9 Å². The van der Waals surface area contributed by atoms with Crippen molar-refractivity contribution in [1.29, 1.82) is 0 Å². The van der Waals surface area contributed by atoms with Crippen molar-refractivity contribution in [1.82, 2.24) is 29.3 Å². The first-order valence-electron chi connectivity index (χ1n) is 11.2. The van der Waals surface area contributed by atoms with Crippen molar-refractivity contribution in [3.63, 3.8) is 0 Å². The molecule has 0 radical (unpaired) electrons. The van der Waals surface area contributed by atoms with Gasteiger partial charge in [0.25, 0.3) is 0 Å². The molecule has 0 N–H and O–H groups in total. The molecule has 4 heterocycles. The summed E-state index contributed by atoms with van der Waals surface area (Å²) in [5.74, 6) is 1.64. The van der Waals surface area contributed by atoms with Gasteiger partial charge in [-0.15, -0.1) is 0 Å². The highest BCUT2D eigenvalue weighted by Gasteiger charge is 2.31. The van der Waals surface area contributed by atoms with Crippen LogP contribution in [-0.2, 0) is 12.7 Å². The second-order valence-corrected chi connectivity index (χ2v) is 8.39. The Morgan fingerprint density at radius 2 is 1.86 bits per heavy atom. The number of nitrogens with zero attached hydrogens (tertiary/aromatic N) is 6. The fourth-order valence-electron chi connectivity index (χ4n) is 4.26. The van der Waals surface area contributed by atoms with Crippen molar-refractivity contribution >= 4 is 12.2 Å². The number of rotatable bonds is 5. The van der Waals surface area contributed by atoms with Gasteiger partial charge in [0.1, 0.15) is 11.5 Å². The van der Waals surface area contributed by atoms with Gasteiger partial charge in [0.15, 0.2) is 5.82 Å². The molecular formula is C25H23F3N6O. The fraction of sp³-hybridized carbons (Fsp3) is 0.280. The van der Waals surface area contributed by atoms with E-state index in [1.807, 2.05) is 34.5 Å². The molecule has 4 aromatic rings. The van der Waals surface area contributed by atoms with Crippen LogP contribution in [-0.4, -0.2) is 36.4 Å². The van der Waals surface area contributed by atoms with Crippen molar-refractivity contribution < 1.29 is 17.9 Å². The lowest BCUT2D eigenvalue weighted by Gasteiger charge is -2.22. The topological polar surface area (TPSA) is 70.7 Å². The van der Waals surface area contributed by atoms with Crippen molar-refractivity contribution in [3.8, 4) is 11.6 Å². The Balaban J connectivity index is 1.38. The molecule has 7 nitrogen and oxygen atoms in total. The first-order chi connectivity index (χ1) is 16.8. The van der Waals surface area contributed by atoms with Gasteiger partial charge in [0, 0.05) is 18.7 Å². The van der Waals surface area contributed by atoms with Crippen LogP contribution < -0.4 is 4.74 Å². The quantitative estimate of drug-likeness (QED) is 0.388. The van der Waals surface area contributed by atoms with E-state index in [2.05, 4.69) is 20.1 Å². The number of methoxy groups -OCH3 is 1. The maximum absolute atomic E-state index is 12.9. The third-order valence-corrected chi connectivity index (χ3v) is 5.98. The molecule has 5 rings (SSSR count). The molecule has 0 fully saturated rings. The molecule has 10 heteroatoms. The highest BCUT2D eigenvalue weighted by atomic mass is 19.4. The number of pyridine rings is 1. The lowest BCUT2D eigenvalue weighted by Crippen LogP contribution is -2.18. The van der Waals surface area contributed by atoms with E-state index < -0.39 is 11.7 Å². The van der Waals surface area contributed by atoms with Gasteiger partial charge >= 0.3 is 6.18 Å². The van der Waals surface area contributed by atoms with Crippen LogP contribution in [0.2, 0.25) is 0 Å². The molecule has 35 heavy (non-hydrogen) atoms. The van der Waals surface area contributed by atoms with Gasteiger partial charge in [-0.2, -0.15) is 18.3 Å². The molecule has 0 saturated heterocycles. The van der Waals surface area contributed by atoms with Gasteiger partial charge in [-0.3, -0.25) is 0 Å². The summed E-state index contributed by atoms with van der Waals surface area (Å²) < 4.78 is 48.0. The standard InChI is InChI=1S/C25H23F3N6O/c1-16-14-33(15-29-16)21-11-9-19(30-24(21)35-2)10-12-22-31-23-20(4-3-13-34(23)32-22)17-5-7-18(8-6-17)25(26,27)28/h5-12,14-15,20H,3-4,13H2,1-2H3/b12-10+/t20-/m1/s1. The summed E-state index contributed by atoms with van der Waals surface area (Å²) in [6.07, 6.45) is 4.51. The van der Waals surface area contributed by atoms with Gasteiger partial charge < -0.3 is 9.30 Å². The average molecular weight is 480 g/mol. The van der Waals surface area contributed by atoms with Crippen LogP contribution in [0.25, 0.3) is 17.8 Å². The number of aromatic nitrogens is 6. The van der Waals surface area contributed by atoms with E-state index in [0.29, 0.717) is 17.4 Å². The highest BCUT2D eigenvalue weighted by Crippen LogP contribution is 2.35. The molecule has 0 aliphatic carbocycles. The minimum Gasteiger partial charge on any atom is -0.479 e. The van der Waals surface area contributed by atoms with E-state index in [4.69, 9.17) is 4.74 Å². The molecule has 1 aromatic carbocycles. The molecule has 0 unspecified atom stereocenters. The predicted molar refractivity (Wildman–Crippen MR) is 124 cm³/mol. The third-order valence-electron chi connectivity index (χ3n) is 5.98. The van der Waals surface area contributed by atoms with Crippen molar-refractivity contribution in [2.45, 2.75) is 38.4 Å². The van der Waals surface area contributed by atoms with Crippen LogP contribution >= 0.6 is 0 Å². The monoisotopic (exact) mass is 480 g/mol. The molecule has 0 amide bonds. The zero-order chi connectivity index (χ0) is 24.6. The Morgan fingerprint density at radius 1 is 1.06 bits per heavy atom. The zero-order valence-electron chi connectivity index (χ0n) is 19.2. The Kier molecular flexibility index (Phi) is 5.88. The van der Waals surface area contributed by atoms with Crippen molar-refractivity contribution in [2.24, 2.45) is 0 Å². The molecule has 1 aliphatic rings. The predicted octanol–water partition coefficient (Wildman–Crippen LogP) is 5.29. The fourth-order valence-corrected chi connectivity index (χ4v) is 4.26. The van der Waals surface area contributed by atoms with Crippen LogP contribution in [0.4, 0.5) is 13.2 Å². The van der Waals surface area contributed by atoms with E-state index in [9.17, 15) is 13.2 Å². The molecule has 0 bridgehead atoms. The number of hydrogen-bond acceptors (Lipinski definition) is 5. The van der Waals surface area contributed by atoms with Crippen LogP contribution in [0, 0.1) is 6.92 Å². The van der Waals surface area contributed by atoms with Gasteiger partial charge in [-0.1, -0.05) is 12.1 Å². The van der Waals surface area contributed by atoms with Crippen molar-refractivity contribution in [3.05, 3.63) is 83.1 Å². The first-order valence-corrected chi connectivity index (χ1v) is 11.2. The summed E-state index contributed by atoms with van der Waals surface area (Å²) >= 11 is 0. The Bertz CT molecular complexity index is 1370. The zero-order valence-corrected chi connectivity index (χ0v) is 19.2. The second kappa shape index (κ2) is 9.01. The summed E-state index contributed by atoms with van der Waals surface area (Å²) in [6.45, 7) is 2.63. The average Bonchev–Trinajstić information content (AvgIpc) is 3.47. The number of benzene rings is 1. The van der Waals surface area contributed by atoms with E-state index in [1.54, 1.807) is 25.6 Å². The van der Waals surface area contributed by atoms with Gasteiger partial charge in [-0.05, 0) is 61.7 Å². The Morgan fingerprint density at radius 3 is 2.54 bits per heavy atom. The summed E-state index contributed by atoms with van der Waals surface area (Å²) in [7, 11) is 1.56. The van der Waals surface area contributed by atoms with E-state index in [-0.39, 0.29) is 5.92 Å². The van der Waals surface area contributed by atoms with Gasteiger partial charge in [0.05, 0.1) is 30.4 Å². The largest absolute Gasteiger partial charge is 0.479 e. The van der Waals surface area contributed by atoms with E-state index in [1.165, 1.54) is 12.1 Å². The Hall–Kier alpha value is -3.95. The van der Waals surface area contributed by atoms with Crippen LogP contribution in [0.3, 0.4) is 0 Å². The maximum atomic E-state index is 12.9. The van der Waals surface area contributed by atoms with Gasteiger partial charge in [0.2, 0.25) is 5.88 Å². The molecule has 3 aromatic heterocycles. The molecule has 180 valence electrons. The molecule has 1 aliphatic heterocycles. The lowest BCUT2D eigenvalue weighted by atomic mass is 9.90. The Labute approximate surface area is 199 Å². The SMILES string of the molecule is COc1nc(/C=C/c2nc3n(n2)CCC[C@@H]3c2ccc(C(F)(F)F)cc2)ccc1-n1cnc(C)c1. The number of alkyl halides is 3. The van der Waals surface area contributed by atoms with Gasteiger partial charge in [-0.25, -0.2) is 19.6 Å². The summed E-state index contributed by atoms with van der Waals surface area (Å²) in [4.78, 5) is 13.5. The van der Waals surface area contributed by atoms with E-state index in [0.717, 1.165) is 54.3 Å². The smallest absolute Gasteiger partial charge is 0.416 e. The molecule has 0 spiro atoms. The normalized spacial score (nSPS) is 16.0.